The maximum atomic E-state index is 12.9. The highest BCUT2D eigenvalue weighted by Gasteiger charge is 2.30. The molecule has 6 nitrogen and oxygen atoms in total. The molecule has 27 heavy (non-hydrogen) atoms. The maximum Gasteiger partial charge on any atom is 0.416 e. The molecule has 0 aliphatic heterocycles. The predicted octanol–water partition coefficient (Wildman–Crippen LogP) is 4.12. The average Bonchev–Trinajstić information content (AvgIpc) is 3.30. The van der Waals surface area contributed by atoms with Crippen molar-refractivity contribution in [1.29, 1.82) is 0 Å². The number of thiazole rings is 1. The van der Waals surface area contributed by atoms with Crippen molar-refractivity contribution in [2.45, 2.75) is 6.18 Å². The number of fused-ring (bicyclic) bond motifs is 1. The molecule has 0 spiro atoms. The lowest BCUT2D eigenvalue weighted by molar-refractivity contribution is -0.137. The molecule has 4 aromatic rings. The van der Waals surface area contributed by atoms with Crippen LogP contribution in [0.4, 0.5) is 18.3 Å². The zero-order valence-electron chi connectivity index (χ0n) is 13.4. The van der Waals surface area contributed by atoms with Crippen LogP contribution in [0, 0.1) is 0 Å². The molecule has 1 aromatic carbocycles. The Morgan fingerprint density at radius 3 is 2.74 bits per heavy atom. The van der Waals surface area contributed by atoms with E-state index in [2.05, 4.69) is 20.4 Å². The lowest BCUT2D eigenvalue weighted by Crippen LogP contribution is -2.15. The van der Waals surface area contributed by atoms with E-state index in [1.54, 1.807) is 23.7 Å². The monoisotopic (exact) mass is 389 g/mol. The highest BCUT2D eigenvalue weighted by Crippen LogP contribution is 2.31. The quantitative estimate of drug-likeness (QED) is 0.572. The topological polar surface area (TPSA) is 72.2 Å². The minimum atomic E-state index is -4.45. The van der Waals surface area contributed by atoms with Crippen LogP contribution in [0.5, 0.6) is 0 Å². The van der Waals surface area contributed by atoms with Crippen LogP contribution in [0.15, 0.2) is 54.2 Å². The predicted molar refractivity (Wildman–Crippen MR) is 93.5 cm³/mol. The molecule has 0 saturated heterocycles. The molecule has 0 aliphatic rings. The van der Waals surface area contributed by atoms with Gasteiger partial charge in [-0.15, -0.1) is 11.3 Å². The minimum Gasteiger partial charge on any atom is -0.296 e. The van der Waals surface area contributed by atoms with E-state index < -0.39 is 17.6 Å². The fraction of sp³-hybridized carbons (Fsp3) is 0.0588. The van der Waals surface area contributed by atoms with Crippen molar-refractivity contribution in [2.75, 3.05) is 5.32 Å². The molecule has 0 saturated carbocycles. The van der Waals surface area contributed by atoms with Gasteiger partial charge in [-0.1, -0.05) is 12.1 Å². The Bertz CT molecular complexity index is 1120. The molecule has 1 amide bonds. The van der Waals surface area contributed by atoms with Crippen LogP contribution in [0.3, 0.4) is 0 Å². The molecule has 10 heteroatoms. The summed E-state index contributed by atoms with van der Waals surface area (Å²) in [4.78, 5) is 20.5. The van der Waals surface area contributed by atoms with Gasteiger partial charge in [-0.25, -0.2) is 14.5 Å². The number of nitrogens with zero attached hydrogens (tertiary/aromatic N) is 4. The number of carbonyl (C=O) groups excluding carboxylic acids is 1. The molecular formula is C17H10F3N5OS. The fourth-order valence-electron chi connectivity index (χ4n) is 2.48. The highest BCUT2D eigenvalue weighted by molar-refractivity contribution is 7.13. The number of alkyl halides is 3. The van der Waals surface area contributed by atoms with Crippen molar-refractivity contribution in [2.24, 2.45) is 0 Å². The molecule has 0 bridgehead atoms. The van der Waals surface area contributed by atoms with Crippen molar-refractivity contribution in [1.82, 2.24) is 19.6 Å². The fourth-order valence-corrected chi connectivity index (χ4v) is 3.01. The van der Waals surface area contributed by atoms with Gasteiger partial charge in [-0.05, 0) is 24.3 Å². The van der Waals surface area contributed by atoms with Crippen LogP contribution in [0.1, 0.15) is 16.1 Å². The number of benzene rings is 1. The lowest BCUT2D eigenvalue weighted by Gasteiger charge is -2.09. The Kier molecular flexibility index (Phi) is 4.11. The van der Waals surface area contributed by atoms with E-state index in [1.165, 1.54) is 34.2 Å². The summed E-state index contributed by atoms with van der Waals surface area (Å²) >= 11 is 1.26. The zero-order chi connectivity index (χ0) is 19.0. The van der Waals surface area contributed by atoms with Crippen LogP contribution in [0.2, 0.25) is 0 Å². The largest absolute Gasteiger partial charge is 0.416 e. The normalized spacial score (nSPS) is 11.7. The third-order valence-electron chi connectivity index (χ3n) is 3.73. The number of imidazole rings is 1. The van der Waals surface area contributed by atoms with Gasteiger partial charge in [-0.3, -0.25) is 10.1 Å². The second-order valence-electron chi connectivity index (χ2n) is 5.50. The number of amides is 1. The summed E-state index contributed by atoms with van der Waals surface area (Å²) in [6.45, 7) is 0. The maximum absolute atomic E-state index is 12.9. The Balaban J connectivity index is 1.73. The number of halogens is 3. The van der Waals surface area contributed by atoms with Crippen molar-refractivity contribution in [3.05, 3.63) is 65.4 Å². The summed E-state index contributed by atoms with van der Waals surface area (Å²) in [5, 5.41) is 9.05. The van der Waals surface area contributed by atoms with Gasteiger partial charge in [0.1, 0.15) is 0 Å². The first-order valence-corrected chi connectivity index (χ1v) is 8.53. The van der Waals surface area contributed by atoms with Crippen LogP contribution < -0.4 is 5.32 Å². The third-order valence-corrected chi connectivity index (χ3v) is 4.42. The first kappa shape index (κ1) is 17.2. The highest BCUT2D eigenvalue weighted by atomic mass is 32.1. The number of hydrogen-bond acceptors (Lipinski definition) is 5. The van der Waals surface area contributed by atoms with Gasteiger partial charge < -0.3 is 0 Å². The molecule has 3 heterocycles. The van der Waals surface area contributed by atoms with E-state index in [0.717, 1.165) is 12.1 Å². The number of nitrogens with one attached hydrogen (secondary N) is 1. The van der Waals surface area contributed by atoms with E-state index in [-0.39, 0.29) is 17.0 Å². The van der Waals surface area contributed by atoms with Crippen LogP contribution in [-0.4, -0.2) is 25.5 Å². The molecule has 1 N–H and O–H groups in total. The number of hydrogen-bond donors (Lipinski definition) is 1. The summed E-state index contributed by atoms with van der Waals surface area (Å²) in [6, 6.07) is 7.99. The Morgan fingerprint density at radius 1 is 1.15 bits per heavy atom. The van der Waals surface area contributed by atoms with Gasteiger partial charge >= 0.3 is 6.18 Å². The van der Waals surface area contributed by atoms with Crippen LogP contribution in [0.25, 0.3) is 16.9 Å². The van der Waals surface area contributed by atoms with Gasteiger partial charge in [0.25, 0.3) is 5.91 Å². The number of rotatable bonds is 3. The van der Waals surface area contributed by atoms with E-state index >= 15 is 0 Å². The molecule has 0 aliphatic carbocycles. The number of anilines is 1. The smallest absolute Gasteiger partial charge is 0.296 e. The van der Waals surface area contributed by atoms with Gasteiger partial charge in [0, 0.05) is 17.1 Å². The van der Waals surface area contributed by atoms with Crippen LogP contribution in [-0.2, 0) is 6.18 Å². The van der Waals surface area contributed by atoms with E-state index in [1.807, 2.05) is 0 Å². The molecular weight excluding hydrogens is 379 g/mol. The molecule has 4 rings (SSSR count). The number of aromatic nitrogens is 4. The first-order valence-electron chi connectivity index (χ1n) is 7.65. The van der Waals surface area contributed by atoms with Gasteiger partial charge in [0.05, 0.1) is 17.5 Å². The van der Waals surface area contributed by atoms with E-state index in [0.29, 0.717) is 10.8 Å². The summed E-state index contributed by atoms with van der Waals surface area (Å²) in [6.07, 6.45) is -1.55. The average molecular weight is 389 g/mol. The Hall–Kier alpha value is -3.27. The molecule has 0 unspecified atom stereocenters. The molecule has 136 valence electrons. The minimum absolute atomic E-state index is 0.147. The molecule has 0 atom stereocenters. The standard InChI is InChI=1S/C17H10F3N5OS/c18-17(19,20)11-3-1-2-10(8-11)12-4-5-14-22-9-13(25(14)24-12)15(26)23-16-21-6-7-27-16/h1-9H,(H,21,23,26). The van der Waals surface area contributed by atoms with Crippen molar-refractivity contribution >= 4 is 28.0 Å². The molecule has 0 radical (unpaired) electrons. The first-order chi connectivity index (χ1) is 12.9. The Morgan fingerprint density at radius 2 is 2.00 bits per heavy atom. The summed E-state index contributed by atoms with van der Waals surface area (Å²) in [7, 11) is 0. The second-order valence-corrected chi connectivity index (χ2v) is 6.40. The van der Waals surface area contributed by atoms with Crippen molar-refractivity contribution in [3.63, 3.8) is 0 Å². The summed E-state index contributed by atoms with van der Waals surface area (Å²) in [5.41, 5.74) is 0.347. The van der Waals surface area contributed by atoms with Crippen LogP contribution >= 0.6 is 11.3 Å². The summed E-state index contributed by atoms with van der Waals surface area (Å²) in [5.74, 6) is -0.467. The lowest BCUT2D eigenvalue weighted by atomic mass is 10.1. The zero-order valence-corrected chi connectivity index (χ0v) is 14.3. The van der Waals surface area contributed by atoms with Crippen molar-refractivity contribution < 1.29 is 18.0 Å². The summed E-state index contributed by atoms with van der Waals surface area (Å²) < 4.78 is 40.1. The number of carbonyl (C=O) groups is 1. The second kappa shape index (κ2) is 6.47. The van der Waals surface area contributed by atoms with E-state index in [9.17, 15) is 18.0 Å². The van der Waals surface area contributed by atoms with E-state index in [4.69, 9.17) is 0 Å². The SMILES string of the molecule is O=C(Nc1nccs1)c1cnc2ccc(-c3cccc(C(F)(F)F)c3)nn12. The van der Waals surface area contributed by atoms with Crippen molar-refractivity contribution in [3.8, 4) is 11.3 Å². The van der Waals surface area contributed by atoms with Gasteiger partial charge in [-0.2, -0.15) is 18.3 Å². The molecule has 0 fully saturated rings. The van der Waals surface area contributed by atoms with Gasteiger partial charge in [0.15, 0.2) is 16.5 Å². The van der Waals surface area contributed by atoms with Gasteiger partial charge in [0.2, 0.25) is 0 Å². The Labute approximate surface area is 154 Å². The molecule has 3 aromatic heterocycles. The third kappa shape index (κ3) is 3.38.